The summed E-state index contributed by atoms with van der Waals surface area (Å²) >= 11 is 7.46. The zero-order valence-electron chi connectivity index (χ0n) is 16.7. The van der Waals surface area contributed by atoms with E-state index in [-0.39, 0.29) is 22.4 Å². The number of aromatic amines is 1. The number of imidazole rings is 1. The SMILES string of the molecule is O=S(=O)(NC1CC1)c1ccc(-c2ccsc2)c(Nc2nc3c(Cl)c(C(F)(F)F)ccc3[nH]2)c1. The highest BCUT2D eigenvalue weighted by Gasteiger charge is 2.34. The predicted octanol–water partition coefficient (Wildman–Crippen LogP) is 6.15. The number of halogens is 4. The van der Waals surface area contributed by atoms with E-state index in [0.717, 1.165) is 24.5 Å². The third-order valence-electron chi connectivity index (χ3n) is 5.18. The maximum atomic E-state index is 13.2. The van der Waals surface area contributed by atoms with Crippen LogP contribution in [0.3, 0.4) is 0 Å². The monoisotopic (exact) mass is 512 g/mol. The highest BCUT2D eigenvalue weighted by Crippen LogP contribution is 2.39. The lowest BCUT2D eigenvalue weighted by Gasteiger charge is -2.13. The van der Waals surface area contributed by atoms with Crippen LogP contribution in [0, 0.1) is 0 Å². The predicted molar refractivity (Wildman–Crippen MR) is 122 cm³/mol. The number of benzene rings is 2. The molecule has 4 aromatic rings. The van der Waals surface area contributed by atoms with Crippen molar-refractivity contribution in [3.8, 4) is 11.1 Å². The van der Waals surface area contributed by atoms with Gasteiger partial charge in [0.25, 0.3) is 0 Å². The number of aromatic nitrogens is 2. The molecule has 0 amide bonds. The number of fused-ring (bicyclic) bond motifs is 1. The molecule has 1 saturated carbocycles. The summed E-state index contributed by atoms with van der Waals surface area (Å²) in [5.74, 6) is 0.132. The van der Waals surface area contributed by atoms with Gasteiger partial charge < -0.3 is 10.3 Å². The second-order valence-corrected chi connectivity index (χ2v) is 10.5. The van der Waals surface area contributed by atoms with Gasteiger partial charge in [-0.15, -0.1) is 0 Å². The van der Waals surface area contributed by atoms with Crippen molar-refractivity contribution in [1.82, 2.24) is 14.7 Å². The number of anilines is 2. The van der Waals surface area contributed by atoms with Crippen LogP contribution in [0.5, 0.6) is 0 Å². The van der Waals surface area contributed by atoms with Gasteiger partial charge in [0, 0.05) is 11.6 Å². The molecule has 0 bridgehead atoms. The Bertz CT molecular complexity index is 1450. The second kappa shape index (κ2) is 8.01. The third-order valence-corrected chi connectivity index (χ3v) is 7.77. The Hall–Kier alpha value is -2.60. The van der Waals surface area contributed by atoms with Gasteiger partial charge in [0.2, 0.25) is 16.0 Å². The van der Waals surface area contributed by atoms with Crippen molar-refractivity contribution in [3.05, 3.63) is 57.7 Å². The quantitative estimate of drug-likeness (QED) is 0.289. The van der Waals surface area contributed by atoms with Gasteiger partial charge in [-0.3, -0.25) is 0 Å². The lowest BCUT2D eigenvalue weighted by atomic mass is 10.1. The molecule has 2 aromatic carbocycles. The van der Waals surface area contributed by atoms with Gasteiger partial charge >= 0.3 is 6.18 Å². The molecule has 1 aliphatic rings. The summed E-state index contributed by atoms with van der Waals surface area (Å²) in [6.45, 7) is 0. The van der Waals surface area contributed by atoms with Crippen molar-refractivity contribution in [3.63, 3.8) is 0 Å². The molecule has 0 radical (unpaired) electrons. The van der Waals surface area contributed by atoms with Crippen molar-refractivity contribution < 1.29 is 21.6 Å². The Morgan fingerprint density at radius 3 is 2.61 bits per heavy atom. The first-order valence-electron chi connectivity index (χ1n) is 9.83. The maximum Gasteiger partial charge on any atom is 0.417 e. The minimum Gasteiger partial charge on any atom is -0.325 e. The number of nitrogens with one attached hydrogen (secondary N) is 3. The normalized spacial score (nSPS) is 14.7. The van der Waals surface area contributed by atoms with E-state index in [1.165, 1.54) is 29.5 Å². The van der Waals surface area contributed by atoms with Crippen LogP contribution >= 0.6 is 22.9 Å². The summed E-state index contributed by atoms with van der Waals surface area (Å²) in [7, 11) is -3.71. The van der Waals surface area contributed by atoms with E-state index in [0.29, 0.717) is 16.8 Å². The number of H-pyrrole nitrogens is 1. The molecule has 3 N–H and O–H groups in total. The van der Waals surface area contributed by atoms with Crippen molar-refractivity contribution >= 4 is 55.6 Å². The van der Waals surface area contributed by atoms with Crippen molar-refractivity contribution in [2.75, 3.05) is 5.32 Å². The van der Waals surface area contributed by atoms with Crippen molar-refractivity contribution in [2.24, 2.45) is 0 Å². The fourth-order valence-corrected chi connectivity index (χ4v) is 5.70. The van der Waals surface area contributed by atoms with Crippen LogP contribution in [0.4, 0.5) is 24.8 Å². The lowest BCUT2D eigenvalue weighted by molar-refractivity contribution is -0.137. The molecule has 0 unspecified atom stereocenters. The van der Waals surface area contributed by atoms with Crippen LogP contribution in [0.25, 0.3) is 22.2 Å². The van der Waals surface area contributed by atoms with E-state index in [1.807, 2.05) is 16.8 Å². The summed E-state index contributed by atoms with van der Waals surface area (Å²) in [6, 6.07) is 8.66. The van der Waals surface area contributed by atoms with Crippen LogP contribution in [-0.4, -0.2) is 24.4 Å². The molecule has 5 rings (SSSR count). The molecular formula is C21H16ClF3N4O2S2. The zero-order valence-corrected chi connectivity index (χ0v) is 19.1. The highest BCUT2D eigenvalue weighted by molar-refractivity contribution is 7.89. The lowest BCUT2D eigenvalue weighted by Crippen LogP contribution is -2.25. The van der Waals surface area contributed by atoms with Crippen LogP contribution in [0.1, 0.15) is 18.4 Å². The fraction of sp³-hybridized carbons (Fsp3) is 0.190. The summed E-state index contributed by atoms with van der Waals surface area (Å²) in [4.78, 5) is 7.17. The molecule has 6 nitrogen and oxygen atoms in total. The van der Waals surface area contributed by atoms with E-state index >= 15 is 0 Å². The molecule has 2 heterocycles. The summed E-state index contributed by atoms with van der Waals surface area (Å²) in [6.07, 6.45) is -3.00. The van der Waals surface area contributed by atoms with E-state index in [2.05, 4.69) is 20.0 Å². The average Bonchev–Trinajstić information content (AvgIpc) is 3.22. The van der Waals surface area contributed by atoms with Gasteiger partial charge in [-0.05, 0) is 59.5 Å². The Balaban J connectivity index is 1.57. The van der Waals surface area contributed by atoms with Gasteiger partial charge in [0.1, 0.15) is 5.52 Å². The molecule has 1 aliphatic carbocycles. The molecule has 0 atom stereocenters. The van der Waals surface area contributed by atoms with E-state index in [1.54, 1.807) is 6.07 Å². The Morgan fingerprint density at radius 1 is 1.15 bits per heavy atom. The molecule has 0 aliphatic heterocycles. The molecule has 33 heavy (non-hydrogen) atoms. The third kappa shape index (κ3) is 4.45. The highest BCUT2D eigenvalue weighted by atomic mass is 35.5. The minimum absolute atomic E-state index is 0.0368. The average molecular weight is 513 g/mol. The van der Waals surface area contributed by atoms with Crippen molar-refractivity contribution in [2.45, 2.75) is 30.0 Å². The smallest absolute Gasteiger partial charge is 0.325 e. The molecule has 12 heteroatoms. The van der Waals surface area contributed by atoms with Gasteiger partial charge in [-0.1, -0.05) is 17.7 Å². The first-order valence-corrected chi connectivity index (χ1v) is 12.6. The van der Waals surface area contributed by atoms with E-state index < -0.39 is 26.8 Å². The number of alkyl halides is 3. The van der Waals surface area contributed by atoms with Crippen LogP contribution < -0.4 is 10.0 Å². The van der Waals surface area contributed by atoms with Gasteiger partial charge in [0.05, 0.1) is 26.7 Å². The molecule has 172 valence electrons. The Morgan fingerprint density at radius 2 is 1.94 bits per heavy atom. The van der Waals surface area contributed by atoms with Gasteiger partial charge in [-0.25, -0.2) is 18.1 Å². The number of nitrogens with zero attached hydrogens (tertiary/aromatic N) is 1. The topological polar surface area (TPSA) is 86.9 Å². The van der Waals surface area contributed by atoms with E-state index in [9.17, 15) is 21.6 Å². The van der Waals surface area contributed by atoms with E-state index in [4.69, 9.17) is 11.6 Å². The minimum atomic E-state index is -4.61. The summed E-state index contributed by atoms with van der Waals surface area (Å²) in [5, 5.41) is 6.31. The molecule has 1 fully saturated rings. The number of rotatable bonds is 6. The van der Waals surface area contributed by atoms with Crippen LogP contribution in [0.15, 0.2) is 52.1 Å². The maximum absolute atomic E-state index is 13.2. The first-order chi connectivity index (χ1) is 15.6. The van der Waals surface area contributed by atoms with Crippen LogP contribution in [-0.2, 0) is 16.2 Å². The Kier molecular flexibility index (Phi) is 5.39. The second-order valence-electron chi connectivity index (χ2n) is 7.65. The number of hydrogen-bond acceptors (Lipinski definition) is 5. The molecular weight excluding hydrogens is 497 g/mol. The van der Waals surface area contributed by atoms with Crippen LogP contribution in [0.2, 0.25) is 5.02 Å². The molecule has 0 saturated heterocycles. The molecule has 0 spiro atoms. The Labute approximate surface area is 195 Å². The van der Waals surface area contributed by atoms with Gasteiger partial charge in [-0.2, -0.15) is 24.5 Å². The number of sulfonamides is 1. The number of thiophene rings is 1. The fourth-order valence-electron chi connectivity index (χ4n) is 3.40. The molecule has 2 aromatic heterocycles. The number of hydrogen-bond donors (Lipinski definition) is 3. The zero-order chi connectivity index (χ0) is 23.4. The summed E-state index contributed by atoms with van der Waals surface area (Å²) < 4.78 is 67.6. The standard InChI is InChI=1S/C21H16ClF3N4O2S2/c22-18-15(21(23,24)25)5-6-16-19(18)28-20(26-16)27-17-9-13(33(30,31)29-12-1-2-12)3-4-14(17)11-7-8-32-10-11/h3-10,12,29H,1-2H2,(H2,26,27,28). The van der Waals surface area contributed by atoms with Crippen molar-refractivity contribution in [1.29, 1.82) is 0 Å². The van der Waals surface area contributed by atoms with Gasteiger partial charge in [0.15, 0.2) is 0 Å². The largest absolute Gasteiger partial charge is 0.417 e. The first kappa shape index (κ1) is 22.2. The summed E-state index contributed by atoms with van der Waals surface area (Å²) in [5.41, 5.74) is 1.29.